The van der Waals surface area contributed by atoms with Crippen molar-refractivity contribution in [3.63, 3.8) is 0 Å². The van der Waals surface area contributed by atoms with Crippen LogP contribution in [-0.4, -0.2) is 16.7 Å². The third-order valence-corrected chi connectivity index (χ3v) is 5.04. The van der Waals surface area contributed by atoms with Crippen LogP contribution < -0.4 is 15.7 Å². The van der Waals surface area contributed by atoms with E-state index in [1.165, 1.54) is 0 Å². The van der Waals surface area contributed by atoms with Gasteiger partial charge in [0.25, 0.3) is 5.56 Å². The average Bonchev–Trinajstić information content (AvgIpc) is 2.74. The van der Waals surface area contributed by atoms with Crippen molar-refractivity contribution in [3.05, 3.63) is 80.5 Å². The van der Waals surface area contributed by atoms with Gasteiger partial charge in [-0.1, -0.05) is 31.2 Å². The minimum atomic E-state index is -0.341. The minimum absolute atomic E-state index is 0.0123. The van der Waals surface area contributed by atoms with E-state index in [0.29, 0.717) is 36.2 Å². The van der Waals surface area contributed by atoms with E-state index in [1.807, 2.05) is 31.2 Å². The average molecular weight is 390 g/mol. The Labute approximate surface area is 167 Å². The Hall–Kier alpha value is -3.41. The van der Waals surface area contributed by atoms with Crippen molar-refractivity contribution >= 4 is 22.1 Å². The first-order chi connectivity index (χ1) is 14.1. The summed E-state index contributed by atoms with van der Waals surface area (Å²) in [7, 11) is 1.63. The first-order valence-electron chi connectivity index (χ1n) is 9.70. The quantitative estimate of drug-likeness (QED) is 0.469. The molecule has 0 spiro atoms. The SMILES string of the molecule is CCCc1nc2oc3ccccc3c(=O)c2c(=O)n1CCc1ccc(OC)cc1. The lowest BCUT2D eigenvalue weighted by Crippen LogP contribution is -2.29. The molecule has 2 aromatic heterocycles. The number of ether oxygens (including phenoxy) is 1. The first kappa shape index (κ1) is 18.9. The summed E-state index contributed by atoms with van der Waals surface area (Å²) >= 11 is 0. The van der Waals surface area contributed by atoms with Crippen molar-refractivity contribution < 1.29 is 9.15 Å². The molecule has 6 nitrogen and oxygen atoms in total. The summed E-state index contributed by atoms with van der Waals surface area (Å²) < 4.78 is 12.6. The van der Waals surface area contributed by atoms with Gasteiger partial charge in [0.15, 0.2) is 5.39 Å². The Morgan fingerprint density at radius 2 is 1.79 bits per heavy atom. The molecule has 0 bridgehead atoms. The van der Waals surface area contributed by atoms with Gasteiger partial charge < -0.3 is 9.15 Å². The molecule has 2 aromatic carbocycles. The number of nitrogens with zero attached hydrogens (tertiary/aromatic N) is 2. The van der Waals surface area contributed by atoms with Gasteiger partial charge in [-0.3, -0.25) is 14.2 Å². The van der Waals surface area contributed by atoms with Crippen molar-refractivity contribution in [1.29, 1.82) is 0 Å². The summed E-state index contributed by atoms with van der Waals surface area (Å²) in [5.74, 6) is 1.42. The van der Waals surface area contributed by atoms with Gasteiger partial charge >= 0.3 is 0 Å². The fraction of sp³-hybridized carbons (Fsp3) is 0.261. The second-order valence-electron chi connectivity index (χ2n) is 6.94. The van der Waals surface area contributed by atoms with E-state index in [4.69, 9.17) is 9.15 Å². The summed E-state index contributed by atoms with van der Waals surface area (Å²) in [4.78, 5) is 30.8. The highest BCUT2D eigenvalue weighted by Gasteiger charge is 2.17. The van der Waals surface area contributed by atoms with Gasteiger partial charge in [-0.2, -0.15) is 4.98 Å². The number of para-hydroxylation sites is 1. The topological polar surface area (TPSA) is 74.3 Å². The van der Waals surface area contributed by atoms with Gasteiger partial charge in [0.2, 0.25) is 11.1 Å². The lowest BCUT2D eigenvalue weighted by Gasteiger charge is -2.13. The van der Waals surface area contributed by atoms with E-state index in [-0.39, 0.29) is 22.1 Å². The second-order valence-corrected chi connectivity index (χ2v) is 6.94. The molecule has 0 aliphatic heterocycles. The second kappa shape index (κ2) is 7.91. The van der Waals surface area contributed by atoms with Crippen LogP contribution in [0.4, 0.5) is 0 Å². The fourth-order valence-electron chi connectivity index (χ4n) is 3.51. The molecule has 4 rings (SSSR count). The number of rotatable bonds is 6. The third kappa shape index (κ3) is 3.53. The van der Waals surface area contributed by atoms with Crippen molar-refractivity contribution in [2.24, 2.45) is 0 Å². The first-order valence-corrected chi connectivity index (χ1v) is 9.70. The smallest absolute Gasteiger partial charge is 0.268 e. The van der Waals surface area contributed by atoms with Crippen molar-refractivity contribution in [1.82, 2.24) is 9.55 Å². The maximum absolute atomic E-state index is 13.3. The monoisotopic (exact) mass is 390 g/mol. The summed E-state index contributed by atoms with van der Waals surface area (Å²) in [6.07, 6.45) is 2.11. The minimum Gasteiger partial charge on any atom is -0.497 e. The van der Waals surface area contributed by atoms with Gasteiger partial charge in [0, 0.05) is 13.0 Å². The molecule has 2 heterocycles. The van der Waals surface area contributed by atoms with Gasteiger partial charge in [-0.25, -0.2) is 0 Å². The fourth-order valence-corrected chi connectivity index (χ4v) is 3.51. The Bertz CT molecular complexity index is 1290. The van der Waals surface area contributed by atoms with E-state index in [1.54, 1.807) is 35.9 Å². The molecule has 6 heteroatoms. The summed E-state index contributed by atoms with van der Waals surface area (Å²) in [5, 5.41) is 0.405. The number of aryl methyl sites for hydroxylation is 2. The van der Waals surface area contributed by atoms with Crippen LogP contribution in [0.3, 0.4) is 0 Å². The number of hydrogen-bond acceptors (Lipinski definition) is 5. The molecule has 0 fully saturated rings. The zero-order chi connectivity index (χ0) is 20.4. The predicted molar refractivity (Wildman–Crippen MR) is 113 cm³/mol. The highest BCUT2D eigenvalue weighted by molar-refractivity contribution is 5.87. The van der Waals surface area contributed by atoms with Crippen LogP contribution in [0.5, 0.6) is 5.75 Å². The Morgan fingerprint density at radius 3 is 2.52 bits per heavy atom. The highest BCUT2D eigenvalue weighted by atomic mass is 16.5. The van der Waals surface area contributed by atoms with Crippen LogP contribution in [-0.2, 0) is 19.4 Å². The molecule has 0 atom stereocenters. The molecule has 0 amide bonds. The van der Waals surface area contributed by atoms with Crippen LogP contribution in [0.15, 0.2) is 62.5 Å². The van der Waals surface area contributed by atoms with Gasteiger partial charge in [-0.05, 0) is 42.7 Å². The number of hydrogen-bond donors (Lipinski definition) is 0. The molecule has 0 N–H and O–H groups in total. The predicted octanol–water partition coefficient (Wildman–Crippen LogP) is 3.71. The number of fused-ring (bicyclic) bond motifs is 2. The van der Waals surface area contributed by atoms with Crippen molar-refractivity contribution in [2.75, 3.05) is 7.11 Å². The van der Waals surface area contributed by atoms with E-state index >= 15 is 0 Å². The largest absolute Gasteiger partial charge is 0.497 e. The van der Waals surface area contributed by atoms with Crippen LogP contribution in [0, 0.1) is 0 Å². The molecule has 0 unspecified atom stereocenters. The molecule has 0 aliphatic rings. The molecule has 148 valence electrons. The Balaban J connectivity index is 1.82. The normalized spacial score (nSPS) is 11.2. The van der Waals surface area contributed by atoms with Crippen LogP contribution in [0.2, 0.25) is 0 Å². The maximum atomic E-state index is 13.3. The molecular weight excluding hydrogens is 368 g/mol. The Morgan fingerprint density at radius 1 is 1.03 bits per heavy atom. The molecule has 0 saturated carbocycles. The number of aromatic nitrogens is 2. The standard InChI is InChI=1S/C23H22N2O4/c1-3-6-19-24-22-20(21(26)17-7-4-5-8-18(17)29-22)23(27)25(19)14-13-15-9-11-16(28-2)12-10-15/h4-5,7-12H,3,6,13-14H2,1-2H3. The van der Waals surface area contributed by atoms with Crippen molar-refractivity contribution in [3.8, 4) is 5.75 Å². The summed E-state index contributed by atoms with van der Waals surface area (Å²) in [6.45, 7) is 2.47. The molecular formula is C23H22N2O4. The van der Waals surface area contributed by atoms with E-state index in [2.05, 4.69) is 4.98 Å². The zero-order valence-corrected chi connectivity index (χ0v) is 16.5. The van der Waals surface area contributed by atoms with Crippen LogP contribution in [0.25, 0.3) is 22.1 Å². The molecule has 0 radical (unpaired) electrons. The number of methoxy groups -OCH3 is 1. The molecule has 0 aliphatic carbocycles. The lowest BCUT2D eigenvalue weighted by molar-refractivity contribution is 0.414. The summed E-state index contributed by atoms with van der Waals surface area (Å²) in [6, 6.07) is 14.7. The maximum Gasteiger partial charge on any atom is 0.268 e. The highest BCUT2D eigenvalue weighted by Crippen LogP contribution is 2.17. The van der Waals surface area contributed by atoms with Gasteiger partial charge in [0.05, 0.1) is 12.5 Å². The molecule has 29 heavy (non-hydrogen) atoms. The zero-order valence-electron chi connectivity index (χ0n) is 16.5. The third-order valence-electron chi connectivity index (χ3n) is 5.04. The Kier molecular flexibility index (Phi) is 5.16. The van der Waals surface area contributed by atoms with Gasteiger partial charge in [0.1, 0.15) is 17.2 Å². The molecule has 4 aromatic rings. The lowest BCUT2D eigenvalue weighted by atomic mass is 10.1. The molecule has 0 saturated heterocycles. The summed E-state index contributed by atoms with van der Waals surface area (Å²) in [5.41, 5.74) is 0.955. The van der Waals surface area contributed by atoms with Crippen LogP contribution >= 0.6 is 0 Å². The van der Waals surface area contributed by atoms with E-state index in [9.17, 15) is 9.59 Å². The number of benzene rings is 2. The van der Waals surface area contributed by atoms with Crippen LogP contribution in [0.1, 0.15) is 24.7 Å². The van der Waals surface area contributed by atoms with E-state index in [0.717, 1.165) is 17.7 Å². The van der Waals surface area contributed by atoms with Crippen molar-refractivity contribution in [2.45, 2.75) is 32.7 Å². The van der Waals surface area contributed by atoms with E-state index < -0.39 is 0 Å². The van der Waals surface area contributed by atoms with Gasteiger partial charge in [-0.15, -0.1) is 0 Å².